The number of anilines is 2. The molecule has 0 radical (unpaired) electrons. The highest BCUT2D eigenvalue weighted by Crippen LogP contribution is 2.34. The van der Waals surface area contributed by atoms with Gasteiger partial charge in [0.25, 0.3) is 11.5 Å². The Morgan fingerprint density at radius 2 is 1.91 bits per heavy atom. The second-order valence-electron chi connectivity index (χ2n) is 8.04. The van der Waals surface area contributed by atoms with Gasteiger partial charge >= 0.3 is 5.69 Å². The number of carbonyl (C=O) groups is 1. The van der Waals surface area contributed by atoms with Crippen LogP contribution < -0.4 is 21.9 Å². The summed E-state index contributed by atoms with van der Waals surface area (Å²) in [6.45, 7) is 2.24. The lowest BCUT2D eigenvalue weighted by Crippen LogP contribution is -2.42. The van der Waals surface area contributed by atoms with Gasteiger partial charge in [0.2, 0.25) is 0 Å². The van der Waals surface area contributed by atoms with Crippen LogP contribution in [0.15, 0.2) is 58.1 Å². The molecule has 0 aliphatic rings. The largest absolute Gasteiger partial charge is 0.385 e. The molecule has 0 bridgehead atoms. The van der Waals surface area contributed by atoms with Crippen LogP contribution in [0.4, 0.5) is 15.9 Å². The van der Waals surface area contributed by atoms with Crippen LogP contribution in [-0.4, -0.2) is 35.7 Å². The third-order valence-electron chi connectivity index (χ3n) is 5.74. The summed E-state index contributed by atoms with van der Waals surface area (Å²) in [6, 6.07) is 13.8. The summed E-state index contributed by atoms with van der Waals surface area (Å²) in [4.78, 5) is 43.2. The van der Waals surface area contributed by atoms with Crippen LogP contribution in [0, 0.1) is 12.7 Å². The zero-order valence-corrected chi connectivity index (χ0v) is 20.2. The highest BCUT2D eigenvalue weighted by molar-refractivity contribution is 7.21. The number of H-pyrrole nitrogens is 1. The van der Waals surface area contributed by atoms with Gasteiger partial charge in [-0.25, -0.2) is 9.18 Å². The number of fused-ring (bicyclic) bond motifs is 1. The van der Waals surface area contributed by atoms with Crippen molar-refractivity contribution in [2.45, 2.75) is 19.9 Å². The number of halogens is 1. The van der Waals surface area contributed by atoms with Gasteiger partial charge in [0, 0.05) is 30.3 Å². The van der Waals surface area contributed by atoms with E-state index in [0.29, 0.717) is 33.6 Å². The average Bonchev–Trinajstić information content (AvgIpc) is 3.18. The summed E-state index contributed by atoms with van der Waals surface area (Å²) in [5, 5.41) is 0.369. The van der Waals surface area contributed by atoms with Gasteiger partial charge in [-0.15, -0.1) is 11.3 Å². The molecule has 182 valence electrons. The van der Waals surface area contributed by atoms with Crippen molar-refractivity contribution in [1.82, 2.24) is 9.55 Å². The molecule has 0 spiro atoms. The maximum atomic E-state index is 14.5. The zero-order valence-electron chi connectivity index (χ0n) is 19.3. The maximum absolute atomic E-state index is 14.5. The molecule has 4 aromatic rings. The molecule has 0 aliphatic carbocycles. The van der Waals surface area contributed by atoms with Gasteiger partial charge < -0.3 is 10.5 Å². The van der Waals surface area contributed by atoms with E-state index < -0.39 is 23.0 Å². The molecule has 2 aromatic carbocycles. The standard InChI is InChI=1S/C25H25FN4O4S/c1-15-19-17(26)10-6-11-18(19)35-21(15)24(32)29(12-7-13-34-2)20-22(27)30(25(33)28-23(20)31)14-16-8-4-3-5-9-16/h3-6,8-11H,7,12-14,27H2,1-2H3,(H,28,31,33). The smallest absolute Gasteiger partial charge is 0.330 e. The third-order valence-corrected chi connectivity index (χ3v) is 6.99. The minimum Gasteiger partial charge on any atom is -0.385 e. The number of hydrogen-bond acceptors (Lipinski definition) is 6. The number of nitrogens with two attached hydrogens (primary N) is 1. The Balaban J connectivity index is 1.84. The van der Waals surface area contributed by atoms with Crippen molar-refractivity contribution in [2.24, 2.45) is 0 Å². The Morgan fingerprint density at radius 3 is 2.60 bits per heavy atom. The fourth-order valence-corrected chi connectivity index (χ4v) is 5.19. The van der Waals surface area contributed by atoms with Crippen LogP contribution in [0.5, 0.6) is 0 Å². The van der Waals surface area contributed by atoms with Crippen LogP contribution in [-0.2, 0) is 11.3 Å². The Hall–Kier alpha value is -3.76. The number of thiophene rings is 1. The van der Waals surface area contributed by atoms with Crippen LogP contribution >= 0.6 is 11.3 Å². The number of methoxy groups -OCH3 is 1. The molecule has 4 rings (SSSR count). The molecular weight excluding hydrogens is 471 g/mol. The number of hydrogen-bond donors (Lipinski definition) is 2. The summed E-state index contributed by atoms with van der Waals surface area (Å²) in [6.07, 6.45) is 0.414. The van der Waals surface area contributed by atoms with Crippen molar-refractivity contribution in [3.8, 4) is 0 Å². The molecule has 8 nitrogen and oxygen atoms in total. The van der Waals surface area contributed by atoms with E-state index in [9.17, 15) is 18.8 Å². The number of nitrogens with zero attached hydrogens (tertiary/aromatic N) is 2. The molecule has 10 heteroatoms. The van der Waals surface area contributed by atoms with Gasteiger partial charge in [-0.2, -0.15) is 0 Å². The number of rotatable bonds is 8. The zero-order chi connectivity index (χ0) is 25.1. The van der Waals surface area contributed by atoms with E-state index in [2.05, 4.69) is 4.98 Å². The van der Waals surface area contributed by atoms with Crippen molar-refractivity contribution in [1.29, 1.82) is 0 Å². The van der Waals surface area contributed by atoms with Crippen molar-refractivity contribution < 1.29 is 13.9 Å². The number of nitrogen functional groups attached to an aromatic ring is 1. The Kier molecular flexibility index (Phi) is 7.13. The molecule has 0 fully saturated rings. The summed E-state index contributed by atoms with van der Waals surface area (Å²) in [5.41, 5.74) is 6.06. The van der Waals surface area contributed by atoms with Gasteiger partial charge in [-0.1, -0.05) is 36.4 Å². The molecule has 3 N–H and O–H groups in total. The highest BCUT2D eigenvalue weighted by atomic mass is 32.1. The predicted molar refractivity (Wildman–Crippen MR) is 136 cm³/mol. The summed E-state index contributed by atoms with van der Waals surface area (Å²) in [5.74, 6) is -1.05. The molecule has 0 saturated carbocycles. The highest BCUT2D eigenvalue weighted by Gasteiger charge is 2.28. The van der Waals surface area contributed by atoms with Crippen molar-refractivity contribution >= 4 is 38.8 Å². The fraction of sp³-hybridized carbons (Fsp3) is 0.240. The molecule has 35 heavy (non-hydrogen) atoms. The number of ether oxygens (including phenoxy) is 1. The summed E-state index contributed by atoms with van der Waals surface area (Å²) < 4.78 is 21.5. The molecule has 0 aliphatic heterocycles. The van der Waals surface area contributed by atoms with E-state index in [-0.39, 0.29) is 24.6 Å². The van der Waals surface area contributed by atoms with Gasteiger partial charge in [0.05, 0.1) is 11.4 Å². The van der Waals surface area contributed by atoms with E-state index in [4.69, 9.17) is 10.5 Å². The Bertz CT molecular complexity index is 1490. The number of aromatic nitrogens is 2. The molecule has 0 unspecified atom stereocenters. The number of aromatic amines is 1. The topological polar surface area (TPSA) is 110 Å². The number of benzene rings is 2. The molecule has 0 saturated heterocycles. The lowest BCUT2D eigenvalue weighted by Gasteiger charge is -2.24. The second-order valence-corrected chi connectivity index (χ2v) is 9.09. The first-order valence-electron chi connectivity index (χ1n) is 11.0. The minimum absolute atomic E-state index is 0.111. The lowest BCUT2D eigenvalue weighted by atomic mass is 10.1. The average molecular weight is 497 g/mol. The normalized spacial score (nSPS) is 11.2. The van der Waals surface area contributed by atoms with Crippen molar-refractivity contribution in [2.75, 3.05) is 30.9 Å². The van der Waals surface area contributed by atoms with Crippen molar-refractivity contribution in [3.63, 3.8) is 0 Å². The number of nitrogens with one attached hydrogen (secondary N) is 1. The van der Waals surface area contributed by atoms with Crippen LogP contribution in [0.25, 0.3) is 10.1 Å². The molecule has 1 amide bonds. The monoisotopic (exact) mass is 496 g/mol. The van der Waals surface area contributed by atoms with Crippen LogP contribution in [0.1, 0.15) is 27.2 Å². The van der Waals surface area contributed by atoms with Gasteiger partial charge in [-0.3, -0.25) is 24.0 Å². The molecule has 0 atom stereocenters. The first-order valence-corrected chi connectivity index (χ1v) is 11.8. The molecular formula is C25H25FN4O4S. The molecule has 2 aromatic heterocycles. The van der Waals surface area contributed by atoms with Gasteiger partial charge in [0.15, 0.2) is 5.69 Å². The summed E-state index contributed by atoms with van der Waals surface area (Å²) >= 11 is 1.15. The molecule has 2 heterocycles. The van der Waals surface area contributed by atoms with E-state index in [0.717, 1.165) is 16.9 Å². The van der Waals surface area contributed by atoms with E-state index >= 15 is 0 Å². The fourth-order valence-electron chi connectivity index (χ4n) is 4.02. The SMILES string of the molecule is COCCCN(C(=O)c1sc2cccc(F)c2c1C)c1c(N)n(Cc2ccccc2)c(=O)[nH]c1=O. The lowest BCUT2D eigenvalue weighted by molar-refractivity contribution is 0.0986. The maximum Gasteiger partial charge on any atom is 0.330 e. The number of amides is 1. The first kappa shape index (κ1) is 24.4. The predicted octanol–water partition coefficient (Wildman–Crippen LogP) is 3.51. The van der Waals surface area contributed by atoms with Gasteiger partial charge in [0.1, 0.15) is 11.6 Å². The summed E-state index contributed by atoms with van der Waals surface area (Å²) in [7, 11) is 1.53. The van der Waals surface area contributed by atoms with E-state index in [1.165, 1.54) is 22.6 Å². The quantitative estimate of drug-likeness (QED) is 0.363. The number of carbonyl (C=O) groups excluding carboxylic acids is 1. The van der Waals surface area contributed by atoms with E-state index in [1.54, 1.807) is 19.1 Å². The van der Waals surface area contributed by atoms with Crippen molar-refractivity contribution in [3.05, 3.63) is 91.2 Å². The number of aryl methyl sites for hydroxylation is 1. The van der Waals surface area contributed by atoms with Gasteiger partial charge in [-0.05, 0) is 36.6 Å². The Morgan fingerprint density at radius 1 is 1.17 bits per heavy atom. The first-order chi connectivity index (χ1) is 16.8. The Labute approximate surface area is 204 Å². The van der Waals surface area contributed by atoms with E-state index in [1.807, 2.05) is 30.3 Å². The minimum atomic E-state index is -0.771. The van der Waals surface area contributed by atoms with Crippen LogP contribution in [0.3, 0.4) is 0 Å². The third kappa shape index (κ3) is 4.75. The second kappa shape index (κ2) is 10.2. The van der Waals surface area contributed by atoms with Crippen LogP contribution in [0.2, 0.25) is 0 Å².